The van der Waals surface area contributed by atoms with Crippen LogP contribution in [0.15, 0.2) is 73.2 Å². The average Bonchev–Trinajstić information content (AvgIpc) is 3.17. The van der Waals surface area contributed by atoms with Gasteiger partial charge in [-0.25, -0.2) is 0 Å². The third-order valence-corrected chi connectivity index (χ3v) is 5.04. The Morgan fingerprint density at radius 1 is 1.03 bits per heavy atom. The number of H-pyrrole nitrogens is 1. The predicted octanol–water partition coefficient (Wildman–Crippen LogP) is 4.54. The lowest BCUT2D eigenvalue weighted by atomic mass is 10.1. The van der Waals surface area contributed by atoms with E-state index in [0.29, 0.717) is 5.56 Å². The molecular formula is C24H25N5O. The Morgan fingerprint density at radius 3 is 2.63 bits per heavy atom. The minimum Gasteiger partial charge on any atom is -0.383 e. The molecule has 4 aromatic rings. The molecule has 30 heavy (non-hydrogen) atoms. The second kappa shape index (κ2) is 8.69. The Labute approximate surface area is 176 Å². The lowest BCUT2D eigenvalue weighted by Gasteiger charge is -2.13. The van der Waals surface area contributed by atoms with Crippen LogP contribution in [0.25, 0.3) is 10.9 Å². The first-order valence-corrected chi connectivity index (χ1v) is 9.93. The number of para-hydroxylation sites is 1. The summed E-state index contributed by atoms with van der Waals surface area (Å²) in [6.07, 6.45) is 6.24. The normalized spacial score (nSPS) is 10.7. The SMILES string of the molecule is CN(C)c1ccc(NC(=O)c2cncc(NCCc3c[nH]c4ccccc34)c2)cc1. The second-order valence-electron chi connectivity index (χ2n) is 7.39. The van der Waals surface area contributed by atoms with Crippen LogP contribution < -0.4 is 15.5 Å². The first-order chi connectivity index (χ1) is 14.6. The molecule has 2 heterocycles. The van der Waals surface area contributed by atoms with Crippen LogP contribution in [-0.4, -0.2) is 36.5 Å². The molecule has 6 heteroatoms. The van der Waals surface area contributed by atoms with Gasteiger partial charge in [0.25, 0.3) is 5.91 Å². The highest BCUT2D eigenvalue weighted by Gasteiger charge is 2.08. The Morgan fingerprint density at radius 2 is 1.83 bits per heavy atom. The Hall–Kier alpha value is -3.80. The van der Waals surface area contributed by atoms with E-state index in [-0.39, 0.29) is 5.91 Å². The molecule has 4 rings (SSSR count). The van der Waals surface area contributed by atoms with E-state index in [0.717, 1.165) is 35.5 Å². The van der Waals surface area contributed by atoms with E-state index in [1.165, 1.54) is 10.9 Å². The van der Waals surface area contributed by atoms with Crippen LogP contribution >= 0.6 is 0 Å². The topological polar surface area (TPSA) is 73.1 Å². The Balaban J connectivity index is 1.36. The molecule has 2 aromatic carbocycles. The Kier molecular flexibility index (Phi) is 5.66. The van der Waals surface area contributed by atoms with Gasteiger partial charge in [0.1, 0.15) is 0 Å². The molecule has 0 aliphatic carbocycles. The molecule has 0 saturated heterocycles. The van der Waals surface area contributed by atoms with Crippen molar-refractivity contribution in [3.05, 3.63) is 84.3 Å². The average molecular weight is 399 g/mol. The van der Waals surface area contributed by atoms with E-state index in [1.54, 1.807) is 12.4 Å². The first kappa shape index (κ1) is 19.5. The lowest BCUT2D eigenvalue weighted by Crippen LogP contribution is -2.14. The van der Waals surface area contributed by atoms with E-state index < -0.39 is 0 Å². The number of nitrogens with one attached hydrogen (secondary N) is 3. The number of fused-ring (bicyclic) bond motifs is 1. The van der Waals surface area contributed by atoms with E-state index >= 15 is 0 Å². The number of aromatic amines is 1. The molecule has 152 valence electrons. The molecule has 2 aromatic heterocycles. The van der Waals surface area contributed by atoms with Crippen molar-refractivity contribution in [1.29, 1.82) is 0 Å². The number of rotatable bonds is 7. The van der Waals surface area contributed by atoms with Crippen molar-refractivity contribution < 1.29 is 4.79 Å². The molecule has 3 N–H and O–H groups in total. The number of carbonyl (C=O) groups is 1. The molecule has 0 aliphatic rings. The molecule has 0 saturated carbocycles. The van der Waals surface area contributed by atoms with Gasteiger partial charge in [-0.15, -0.1) is 0 Å². The largest absolute Gasteiger partial charge is 0.383 e. The number of hydrogen-bond donors (Lipinski definition) is 3. The summed E-state index contributed by atoms with van der Waals surface area (Å²) in [5.74, 6) is -0.180. The van der Waals surface area contributed by atoms with Crippen molar-refractivity contribution in [2.45, 2.75) is 6.42 Å². The summed E-state index contributed by atoms with van der Waals surface area (Å²) in [5.41, 5.74) is 5.58. The van der Waals surface area contributed by atoms with Crippen LogP contribution in [0.1, 0.15) is 15.9 Å². The predicted molar refractivity (Wildman–Crippen MR) is 123 cm³/mol. The Bertz CT molecular complexity index is 1150. The highest BCUT2D eigenvalue weighted by molar-refractivity contribution is 6.04. The number of pyridine rings is 1. The summed E-state index contributed by atoms with van der Waals surface area (Å²) < 4.78 is 0. The number of carbonyl (C=O) groups excluding carboxylic acids is 1. The van der Waals surface area contributed by atoms with Gasteiger partial charge >= 0.3 is 0 Å². The zero-order valence-electron chi connectivity index (χ0n) is 17.1. The lowest BCUT2D eigenvalue weighted by molar-refractivity contribution is 0.102. The van der Waals surface area contributed by atoms with Crippen LogP contribution in [0, 0.1) is 0 Å². The summed E-state index contributed by atoms with van der Waals surface area (Å²) in [6, 6.07) is 17.8. The molecule has 0 unspecified atom stereocenters. The summed E-state index contributed by atoms with van der Waals surface area (Å²) in [5, 5.41) is 7.53. The van der Waals surface area contributed by atoms with E-state index in [2.05, 4.69) is 38.9 Å². The van der Waals surface area contributed by atoms with Crippen LogP contribution in [0.4, 0.5) is 17.1 Å². The van der Waals surface area contributed by atoms with Crippen molar-refractivity contribution in [3.8, 4) is 0 Å². The van der Waals surface area contributed by atoms with Gasteiger partial charge in [-0.3, -0.25) is 9.78 Å². The van der Waals surface area contributed by atoms with Crippen LogP contribution in [0.5, 0.6) is 0 Å². The molecule has 1 amide bonds. The van der Waals surface area contributed by atoms with Crippen molar-refractivity contribution >= 4 is 33.9 Å². The van der Waals surface area contributed by atoms with Crippen molar-refractivity contribution in [2.24, 2.45) is 0 Å². The van der Waals surface area contributed by atoms with Gasteiger partial charge in [0.2, 0.25) is 0 Å². The first-order valence-electron chi connectivity index (χ1n) is 9.93. The number of amides is 1. The smallest absolute Gasteiger partial charge is 0.257 e. The van der Waals surface area contributed by atoms with Gasteiger partial charge in [0.15, 0.2) is 0 Å². The highest BCUT2D eigenvalue weighted by Crippen LogP contribution is 2.19. The van der Waals surface area contributed by atoms with Gasteiger partial charge in [-0.2, -0.15) is 0 Å². The number of nitrogens with zero attached hydrogens (tertiary/aromatic N) is 2. The monoisotopic (exact) mass is 399 g/mol. The van der Waals surface area contributed by atoms with E-state index in [4.69, 9.17) is 0 Å². The van der Waals surface area contributed by atoms with E-state index in [9.17, 15) is 4.79 Å². The van der Waals surface area contributed by atoms with Crippen LogP contribution in [0.2, 0.25) is 0 Å². The van der Waals surface area contributed by atoms with Gasteiger partial charge in [-0.1, -0.05) is 18.2 Å². The fourth-order valence-electron chi connectivity index (χ4n) is 3.39. The molecule has 0 atom stereocenters. The van der Waals surface area contributed by atoms with Gasteiger partial charge in [0, 0.05) is 61.5 Å². The van der Waals surface area contributed by atoms with Gasteiger partial charge in [0.05, 0.1) is 11.3 Å². The van der Waals surface area contributed by atoms with Crippen molar-refractivity contribution in [2.75, 3.05) is 36.2 Å². The number of anilines is 3. The van der Waals surface area contributed by atoms with Gasteiger partial charge < -0.3 is 20.5 Å². The minimum atomic E-state index is -0.180. The zero-order valence-corrected chi connectivity index (χ0v) is 17.1. The van der Waals surface area contributed by atoms with Gasteiger partial charge in [-0.05, 0) is 48.4 Å². The van der Waals surface area contributed by atoms with Crippen molar-refractivity contribution in [1.82, 2.24) is 9.97 Å². The van der Waals surface area contributed by atoms with Crippen molar-refractivity contribution in [3.63, 3.8) is 0 Å². The fraction of sp³-hybridized carbons (Fsp3) is 0.167. The quantitative estimate of drug-likeness (QED) is 0.427. The minimum absolute atomic E-state index is 0.180. The molecule has 0 bridgehead atoms. The number of hydrogen-bond acceptors (Lipinski definition) is 4. The fourth-order valence-corrected chi connectivity index (χ4v) is 3.39. The zero-order chi connectivity index (χ0) is 20.9. The summed E-state index contributed by atoms with van der Waals surface area (Å²) in [7, 11) is 3.96. The summed E-state index contributed by atoms with van der Waals surface area (Å²) >= 11 is 0. The maximum atomic E-state index is 12.6. The third kappa shape index (κ3) is 4.43. The second-order valence-corrected chi connectivity index (χ2v) is 7.39. The highest BCUT2D eigenvalue weighted by atomic mass is 16.1. The molecule has 6 nitrogen and oxygen atoms in total. The van der Waals surface area contributed by atoms with E-state index in [1.807, 2.05) is 61.5 Å². The van der Waals surface area contributed by atoms with Crippen LogP contribution in [-0.2, 0) is 6.42 Å². The number of benzene rings is 2. The number of aromatic nitrogens is 2. The van der Waals surface area contributed by atoms with Crippen LogP contribution in [0.3, 0.4) is 0 Å². The molecule has 0 spiro atoms. The summed E-state index contributed by atoms with van der Waals surface area (Å²) in [4.78, 5) is 22.1. The summed E-state index contributed by atoms with van der Waals surface area (Å²) in [6.45, 7) is 0.751. The molecule has 0 fully saturated rings. The molecule has 0 radical (unpaired) electrons. The maximum Gasteiger partial charge on any atom is 0.257 e. The maximum absolute atomic E-state index is 12.6. The standard InChI is InChI=1S/C24H25N5O/c1-29(2)21-9-7-19(8-10-21)28-24(30)18-13-20(16-25-14-18)26-12-11-17-15-27-23-6-4-3-5-22(17)23/h3-10,13-16,26-27H,11-12H2,1-2H3,(H,28,30). The molecular weight excluding hydrogens is 374 g/mol. The third-order valence-electron chi connectivity index (χ3n) is 5.04. The molecule has 0 aliphatic heterocycles.